The van der Waals surface area contributed by atoms with Gasteiger partial charge < -0.3 is 30.1 Å². The van der Waals surface area contributed by atoms with Crippen LogP contribution in [0.2, 0.25) is 0 Å². The summed E-state index contributed by atoms with van der Waals surface area (Å²) in [5, 5.41) is 33.7. The molecule has 2 fully saturated rings. The van der Waals surface area contributed by atoms with Gasteiger partial charge in [-0.25, -0.2) is 4.79 Å². The van der Waals surface area contributed by atoms with Crippen molar-refractivity contribution in [3.05, 3.63) is 59.7 Å². The quantitative estimate of drug-likeness (QED) is 0.324. The van der Waals surface area contributed by atoms with E-state index in [1.54, 1.807) is 13.2 Å². The van der Waals surface area contributed by atoms with E-state index in [1.807, 2.05) is 24.3 Å². The first kappa shape index (κ1) is 32.1. The topological polar surface area (TPSA) is 129 Å². The summed E-state index contributed by atoms with van der Waals surface area (Å²) in [4.78, 5) is 28.9. The van der Waals surface area contributed by atoms with Crippen LogP contribution < -0.4 is 5.32 Å². The number of amides is 2. The first-order valence-corrected chi connectivity index (χ1v) is 16.7. The largest absolute Gasteiger partial charge is 0.448 e. The van der Waals surface area contributed by atoms with Crippen LogP contribution in [0, 0.1) is 5.92 Å². The van der Waals surface area contributed by atoms with Crippen LogP contribution in [0.15, 0.2) is 48.5 Å². The van der Waals surface area contributed by atoms with Gasteiger partial charge in [0.2, 0.25) is 5.91 Å². The minimum Gasteiger partial charge on any atom is -0.448 e. The van der Waals surface area contributed by atoms with Gasteiger partial charge in [-0.05, 0) is 54.2 Å². The molecule has 0 saturated carbocycles. The number of thioether (sulfide) groups is 1. The Labute approximate surface area is 261 Å². The van der Waals surface area contributed by atoms with E-state index in [1.165, 1.54) is 16.7 Å². The van der Waals surface area contributed by atoms with Crippen LogP contribution in [0.4, 0.5) is 4.79 Å². The number of fused-ring (bicyclic) bond motifs is 3. The summed E-state index contributed by atoms with van der Waals surface area (Å²) in [5.41, 5.74) is 3.67. The number of halogens is 1. The third-order valence-corrected chi connectivity index (χ3v) is 10.3. The van der Waals surface area contributed by atoms with E-state index in [0.717, 1.165) is 35.1 Å². The van der Waals surface area contributed by atoms with Gasteiger partial charge in [0.15, 0.2) is 0 Å². The molecule has 0 radical (unpaired) electrons. The Balaban J connectivity index is 1.31. The van der Waals surface area contributed by atoms with Crippen LogP contribution in [0.1, 0.15) is 50.2 Å². The standard InChI is InChI=1S/C32H41ClN2O7S/c1-4-18-13-14-35(32(40)41-16-23-21-11-7-5-9-19(21)20-10-6-8-12-22(20)23)24(15-18)30(39)34-25(17(2)33)29-27(37)26(36)28(38)31(42-29)43-3/h5-12,17-18,23-29,31,36-38H,4,13-16H2,1-3H3,(H,34,39)/t17-,18+,24-,25+,26-,27+,28+,29+,31+/m0/s1. The lowest BCUT2D eigenvalue weighted by Crippen LogP contribution is -2.65. The molecule has 9 nitrogen and oxygen atoms in total. The lowest BCUT2D eigenvalue weighted by molar-refractivity contribution is -0.205. The van der Waals surface area contributed by atoms with Crippen molar-refractivity contribution in [2.24, 2.45) is 5.92 Å². The molecule has 234 valence electrons. The van der Waals surface area contributed by atoms with Gasteiger partial charge in [0.25, 0.3) is 0 Å². The number of hydrogen-bond donors (Lipinski definition) is 4. The van der Waals surface area contributed by atoms with Gasteiger partial charge in [0.05, 0.1) is 11.4 Å². The van der Waals surface area contributed by atoms with Crippen molar-refractivity contribution in [3.8, 4) is 11.1 Å². The number of rotatable bonds is 8. The number of hydrogen-bond acceptors (Lipinski definition) is 8. The van der Waals surface area contributed by atoms with Crippen molar-refractivity contribution in [1.29, 1.82) is 0 Å². The summed E-state index contributed by atoms with van der Waals surface area (Å²) in [5.74, 6) is -0.287. The van der Waals surface area contributed by atoms with Crippen molar-refractivity contribution >= 4 is 35.4 Å². The van der Waals surface area contributed by atoms with E-state index in [4.69, 9.17) is 21.1 Å². The Hall–Kier alpha value is -2.34. The molecule has 11 heteroatoms. The second-order valence-electron chi connectivity index (χ2n) is 11.7. The fourth-order valence-electron chi connectivity index (χ4n) is 6.64. The number of ether oxygens (including phenoxy) is 2. The second-order valence-corrected chi connectivity index (χ2v) is 13.3. The molecular formula is C32H41ClN2O7S. The summed E-state index contributed by atoms with van der Waals surface area (Å²) < 4.78 is 11.8. The maximum absolute atomic E-state index is 13.8. The molecule has 2 saturated heterocycles. The van der Waals surface area contributed by atoms with Gasteiger partial charge in [0, 0.05) is 12.5 Å². The number of nitrogens with zero attached hydrogens (tertiary/aromatic N) is 1. The number of likely N-dealkylation sites (tertiary alicyclic amines) is 1. The second kappa shape index (κ2) is 13.7. The predicted molar refractivity (Wildman–Crippen MR) is 166 cm³/mol. The zero-order chi connectivity index (χ0) is 30.8. The smallest absolute Gasteiger partial charge is 0.410 e. The van der Waals surface area contributed by atoms with Gasteiger partial charge in [-0.15, -0.1) is 23.4 Å². The number of alkyl halides is 1. The Morgan fingerprint density at radius 1 is 1.07 bits per heavy atom. The summed E-state index contributed by atoms with van der Waals surface area (Å²) in [6, 6.07) is 14.5. The maximum Gasteiger partial charge on any atom is 0.410 e. The lowest BCUT2D eigenvalue weighted by Gasteiger charge is -2.44. The van der Waals surface area contributed by atoms with Gasteiger partial charge in [0.1, 0.15) is 42.5 Å². The molecule has 1 aliphatic carbocycles. The first-order valence-electron chi connectivity index (χ1n) is 14.9. The molecule has 43 heavy (non-hydrogen) atoms. The minimum atomic E-state index is -1.47. The van der Waals surface area contributed by atoms with Gasteiger partial charge in [-0.3, -0.25) is 9.69 Å². The van der Waals surface area contributed by atoms with Gasteiger partial charge >= 0.3 is 6.09 Å². The molecule has 0 unspecified atom stereocenters. The number of aliphatic hydroxyl groups excluding tert-OH is 3. The summed E-state index contributed by atoms with van der Waals surface area (Å²) in [6.45, 7) is 4.24. The molecule has 2 aliphatic heterocycles. The van der Waals surface area contributed by atoms with E-state index in [0.29, 0.717) is 13.0 Å². The Kier molecular flexibility index (Phi) is 10.3. The van der Waals surface area contributed by atoms with Crippen LogP contribution in [-0.2, 0) is 14.3 Å². The van der Waals surface area contributed by atoms with Crippen molar-refractivity contribution in [1.82, 2.24) is 10.2 Å². The first-order chi connectivity index (χ1) is 20.7. The van der Waals surface area contributed by atoms with Crippen LogP contribution in [0.3, 0.4) is 0 Å². The van der Waals surface area contributed by atoms with Crippen LogP contribution >= 0.6 is 23.4 Å². The monoisotopic (exact) mass is 632 g/mol. The molecule has 3 aliphatic rings. The van der Waals surface area contributed by atoms with Crippen molar-refractivity contribution in [2.45, 2.75) is 86.3 Å². The molecule has 2 heterocycles. The maximum atomic E-state index is 13.8. The Bertz CT molecular complexity index is 1250. The van der Waals surface area contributed by atoms with Gasteiger partial charge in [-0.2, -0.15) is 0 Å². The molecule has 9 atom stereocenters. The SMILES string of the molecule is CC[C@@H]1CCN(C(=O)OCC2c3ccccc3-c3ccccc32)[C@H](C(=O)N[C@@H]([C@H]2O[C@H](SC)[C@H](O)[C@@H](O)[C@H]2O)[C@H](C)Cl)C1. The molecule has 5 rings (SSSR count). The van der Waals surface area contributed by atoms with Gasteiger partial charge in [-0.1, -0.05) is 61.9 Å². The van der Waals surface area contributed by atoms with Crippen molar-refractivity contribution in [3.63, 3.8) is 0 Å². The average molecular weight is 633 g/mol. The molecule has 4 N–H and O–H groups in total. The summed E-state index contributed by atoms with van der Waals surface area (Å²) in [6.07, 6.45) is -2.07. The van der Waals surface area contributed by atoms with E-state index in [2.05, 4.69) is 36.5 Å². The number of benzene rings is 2. The highest BCUT2D eigenvalue weighted by molar-refractivity contribution is 7.99. The molecule has 0 bridgehead atoms. The number of aliphatic hydroxyl groups is 3. The fourth-order valence-corrected chi connectivity index (χ4v) is 7.52. The van der Waals surface area contributed by atoms with Crippen LogP contribution in [0.5, 0.6) is 0 Å². The highest BCUT2D eigenvalue weighted by Gasteiger charge is 2.48. The molecule has 0 spiro atoms. The van der Waals surface area contributed by atoms with Crippen LogP contribution in [-0.4, -0.2) is 98.9 Å². The zero-order valence-electron chi connectivity index (χ0n) is 24.6. The zero-order valence-corrected chi connectivity index (χ0v) is 26.2. The van der Waals surface area contributed by atoms with Crippen LogP contribution in [0.25, 0.3) is 11.1 Å². The van der Waals surface area contributed by atoms with E-state index < -0.39 is 59.3 Å². The molecule has 2 amide bonds. The molecule has 2 aromatic rings. The highest BCUT2D eigenvalue weighted by atomic mass is 35.5. The highest BCUT2D eigenvalue weighted by Crippen LogP contribution is 2.44. The Morgan fingerprint density at radius 2 is 1.70 bits per heavy atom. The minimum absolute atomic E-state index is 0.102. The number of carbonyl (C=O) groups excluding carboxylic acids is 2. The number of nitrogens with one attached hydrogen (secondary N) is 1. The summed E-state index contributed by atoms with van der Waals surface area (Å²) >= 11 is 7.68. The average Bonchev–Trinajstić information content (AvgIpc) is 3.34. The normalized spacial score (nSPS) is 30.2. The van der Waals surface area contributed by atoms with E-state index >= 15 is 0 Å². The Morgan fingerprint density at radius 3 is 2.28 bits per heavy atom. The third kappa shape index (κ3) is 6.41. The molecular weight excluding hydrogens is 592 g/mol. The fraction of sp³-hybridized carbons (Fsp3) is 0.562. The molecule has 0 aromatic heterocycles. The lowest BCUT2D eigenvalue weighted by atomic mass is 9.88. The number of carbonyl (C=O) groups is 2. The van der Waals surface area contributed by atoms with Crippen molar-refractivity contribution < 1.29 is 34.4 Å². The van der Waals surface area contributed by atoms with E-state index in [9.17, 15) is 24.9 Å². The number of piperidine rings is 1. The third-order valence-electron chi connectivity index (χ3n) is 9.16. The van der Waals surface area contributed by atoms with E-state index in [-0.39, 0.29) is 18.4 Å². The predicted octanol–water partition coefficient (Wildman–Crippen LogP) is 3.71. The van der Waals surface area contributed by atoms with Crippen molar-refractivity contribution in [2.75, 3.05) is 19.4 Å². The molecule has 2 aromatic carbocycles. The summed E-state index contributed by atoms with van der Waals surface area (Å²) in [7, 11) is 0.